The van der Waals surface area contributed by atoms with Crippen molar-refractivity contribution in [3.63, 3.8) is 0 Å². The molecule has 1 saturated heterocycles. The van der Waals surface area contributed by atoms with E-state index >= 15 is 0 Å². The highest BCUT2D eigenvalue weighted by molar-refractivity contribution is 6.30. The number of hydrogen-bond acceptors (Lipinski definition) is 2. The Morgan fingerprint density at radius 1 is 0.857 bits per heavy atom. The van der Waals surface area contributed by atoms with E-state index in [0.717, 1.165) is 17.5 Å². The zero-order chi connectivity index (χ0) is 19.9. The van der Waals surface area contributed by atoms with Crippen LogP contribution >= 0.6 is 23.2 Å². The summed E-state index contributed by atoms with van der Waals surface area (Å²) in [5.41, 5.74) is 1.89. The van der Waals surface area contributed by atoms with Crippen molar-refractivity contribution in [1.29, 1.82) is 0 Å². The lowest BCUT2D eigenvalue weighted by molar-refractivity contribution is -0.130. The molecule has 1 aliphatic rings. The Hall–Kier alpha value is -2.24. The maximum absolute atomic E-state index is 12.6. The van der Waals surface area contributed by atoms with Crippen molar-refractivity contribution in [2.24, 2.45) is 0 Å². The minimum Gasteiger partial charge on any atom is -0.341 e. The molecule has 0 radical (unpaired) electrons. The zero-order valence-electron chi connectivity index (χ0n) is 15.5. The molecule has 28 heavy (non-hydrogen) atoms. The van der Waals surface area contributed by atoms with E-state index in [-0.39, 0.29) is 11.9 Å². The Morgan fingerprint density at radius 2 is 1.57 bits per heavy atom. The average molecular weight is 420 g/mol. The summed E-state index contributed by atoms with van der Waals surface area (Å²) in [6.07, 6.45) is 1.11. The van der Waals surface area contributed by atoms with Crippen molar-refractivity contribution in [2.75, 3.05) is 26.2 Å². The van der Waals surface area contributed by atoms with E-state index in [1.165, 1.54) is 0 Å². The molecule has 0 spiro atoms. The number of carbonyl (C=O) groups is 2. The van der Waals surface area contributed by atoms with Gasteiger partial charge in [-0.2, -0.15) is 0 Å². The molecule has 2 aromatic carbocycles. The van der Waals surface area contributed by atoms with Crippen molar-refractivity contribution in [3.8, 4) is 0 Å². The number of halogens is 2. The first-order chi connectivity index (χ1) is 13.5. The fourth-order valence-electron chi connectivity index (χ4n) is 3.20. The highest BCUT2D eigenvalue weighted by Gasteiger charge is 2.22. The summed E-state index contributed by atoms with van der Waals surface area (Å²) in [7, 11) is 0. The maximum atomic E-state index is 12.6. The third-order valence-corrected chi connectivity index (χ3v) is 5.22. The molecule has 3 amide bonds. The second-order valence-corrected chi connectivity index (χ2v) is 7.69. The van der Waals surface area contributed by atoms with Crippen LogP contribution in [0.25, 0.3) is 0 Å². The quantitative estimate of drug-likeness (QED) is 0.814. The molecule has 0 saturated carbocycles. The van der Waals surface area contributed by atoms with E-state index in [4.69, 9.17) is 23.2 Å². The molecule has 0 unspecified atom stereocenters. The molecule has 1 aliphatic heterocycles. The van der Waals surface area contributed by atoms with Crippen LogP contribution in [0.4, 0.5) is 4.79 Å². The van der Waals surface area contributed by atoms with Crippen LogP contribution in [0.15, 0.2) is 48.5 Å². The van der Waals surface area contributed by atoms with Crippen molar-refractivity contribution in [1.82, 2.24) is 15.1 Å². The molecule has 7 heteroatoms. The van der Waals surface area contributed by atoms with Crippen molar-refractivity contribution < 1.29 is 9.59 Å². The molecule has 0 aliphatic carbocycles. The van der Waals surface area contributed by atoms with E-state index < -0.39 is 0 Å². The van der Waals surface area contributed by atoms with Crippen molar-refractivity contribution in [3.05, 3.63) is 69.7 Å². The molecule has 1 fully saturated rings. The van der Waals surface area contributed by atoms with Gasteiger partial charge in [-0.15, -0.1) is 0 Å². The third kappa shape index (κ3) is 5.88. The largest absolute Gasteiger partial charge is 0.341 e. The van der Waals surface area contributed by atoms with Gasteiger partial charge in [0.15, 0.2) is 0 Å². The normalized spacial score (nSPS) is 14.5. The van der Waals surface area contributed by atoms with E-state index in [1.807, 2.05) is 35.2 Å². The van der Waals surface area contributed by atoms with Crippen LogP contribution in [-0.4, -0.2) is 47.9 Å². The first-order valence-corrected chi connectivity index (χ1v) is 10.1. The molecule has 5 nitrogen and oxygen atoms in total. The van der Waals surface area contributed by atoms with Gasteiger partial charge in [0.1, 0.15) is 0 Å². The predicted molar refractivity (Wildman–Crippen MR) is 112 cm³/mol. The van der Waals surface area contributed by atoms with Crippen LogP contribution in [0.1, 0.15) is 17.5 Å². The lowest BCUT2D eigenvalue weighted by Gasteiger charge is -2.22. The lowest BCUT2D eigenvalue weighted by atomic mass is 10.1. The average Bonchev–Trinajstić information content (AvgIpc) is 2.94. The van der Waals surface area contributed by atoms with Gasteiger partial charge in [0.25, 0.3) is 0 Å². The van der Waals surface area contributed by atoms with Crippen LogP contribution in [0.5, 0.6) is 0 Å². The molecular weight excluding hydrogens is 397 g/mol. The van der Waals surface area contributed by atoms with E-state index in [0.29, 0.717) is 49.2 Å². The number of rotatable bonds is 4. The standard InChI is InChI=1S/C21H23Cl2N3O2/c22-18-7-5-16(6-8-18)14-20(27)25-9-2-10-26(12-11-25)21(28)24-15-17-3-1-4-19(23)13-17/h1,3-8,13H,2,9-12,14-15H2,(H,24,28). The Kier molecular flexibility index (Phi) is 7.18. The molecule has 148 valence electrons. The van der Waals surface area contributed by atoms with Gasteiger partial charge in [-0.25, -0.2) is 4.79 Å². The van der Waals surface area contributed by atoms with Crippen LogP contribution in [0.2, 0.25) is 10.0 Å². The summed E-state index contributed by atoms with van der Waals surface area (Å²) in [6, 6.07) is 14.6. The molecule has 1 N–H and O–H groups in total. The Morgan fingerprint density at radius 3 is 2.32 bits per heavy atom. The second-order valence-electron chi connectivity index (χ2n) is 6.81. The number of urea groups is 1. The Balaban J connectivity index is 1.48. The van der Waals surface area contributed by atoms with Crippen molar-refractivity contribution >= 4 is 35.1 Å². The highest BCUT2D eigenvalue weighted by atomic mass is 35.5. The lowest BCUT2D eigenvalue weighted by Crippen LogP contribution is -2.42. The van der Waals surface area contributed by atoms with Gasteiger partial charge in [-0.1, -0.05) is 47.5 Å². The summed E-state index contributed by atoms with van der Waals surface area (Å²) in [5.74, 6) is 0.0727. The molecule has 3 rings (SSSR count). The highest BCUT2D eigenvalue weighted by Crippen LogP contribution is 2.13. The van der Waals surface area contributed by atoms with Gasteiger partial charge >= 0.3 is 6.03 Å². The smallest absolute Gasteiger partial charge is 0.317 e. The van der Waals surface area contributed by atoms with Gasteiger partial charge in [0, 0.05) is 42.8 Å². The first-order valence-electron chi connectivity index (χ1n) is 9.31. The van der Waals surface area contributed by atoms with E-state index in [9.17, 15) is 9.59 Å². The summed E-state index contributed by atoms with van der Waals surface area (Å²) in [5, 5.41) is 4.23. The summed E-state index contributed by atoms with van der Waals surface area (Å²) < 4.78 is 0. The van der Waals surface area contributed by atoms with Crippen LogP contribution in [-0.2, 0) is 17.8 Å². The molecule has 0 atom stereocenters. The van der Waals surface area contributed by atoms with Gasteiger partial charge in [0.2, 0.25) is 5.91 Å². The SMILES string of the molecule is O=C(Cc1ccc(Cl)cc1)N1CCCN(C(=O)NCc2cccc(Cl)c2)CC1. The first kappa shape index (κ1) is 20.5. The summed E-state index contributed by atoms with van der Waals surface area (Å²) in [4.78, 5) is 28.7. The number of carbonyl (C=O) groups excluding carboxylic acids is 2. The van der Waals surface area contributed by atoms with Gasteiger partial charge in [0.05, 0.1) is 6.42 Å². The zero-order valence-corrected chi connectivity index (χ0v) is 17.0. The topological polar surface area (TPSA) is 52.7 Å². The Labute approximate surface area is 175 Å². The molecular formula is C21H23Cl2N3O2. The van der Waals surface area contributed by atoms with E-state index in [2.05, 4.69) is 5.32 Å². The minimum absolute atomic E-state index is 0.0727. The van der Waals surface area contributed by atoms with Crippen LogP contribution < -0.4 is 5.32 Å². The molecule has 0 bridgehead atoms. The fourth-order valence-corrected chi connectivity index (χ4v) is 3.53. The third-order valence-electron chi connectivity index (χ3n) is 4.74. The number of hydrogen-bond donors (Lipinski definition) is 1. The molecule has 0 aromatic heterocycles. The fraction of sp³-hybridized carbons (Fsp3) is 0.333. The minimum atomic E-state index is -0.119. The molecule has 1 heterocycles. The summed E-state index contributed by atoms with van der Waals surface area (Å²) in [6.45, 7) is 2.77. The predicted octanol–water partition coefficient (Wildman–Crippen LogP) is 3.98. The maximum Gasteiger partial charge on any atom is 0.317 e. The van der Waals surface area contributed by atoms with Crippen LogP contribution in [0, 0.1) is 0 Å². The van der Waals surface area contributed by atoms with Crippen LogP contribution in [0.3, 0.4) is 0 Å². The van der Waals surface area contributed by atoms with Gasteiger partial charge in [-0.3, -0.25) is 4.79 Å². The second kappa shape index (κ2) is 9.80. The summed E-state index contributed by atoms with van der Waals surface area (Å²) >= 11 is 11.9. The Bertz CT molecular complexity index is 827. The van der Waals surface area contributed by atoms with Gasteiger partial charge in [-0.05, 0) is 41.8 Å². The number of benzene rings is 2. The van der Waals surface area contributed by atoms with Gasteiger partial charge < -0.3 is 15.1 Å². The number of amides is 3. The molecule has 2 aromatic rings. The monoisotopic (exact) mass is 419 g/mol. The van der Waals surface area contributed by atoms with E-state index in [1.54, 1.807) is 23.1 Å². The number of nitrogens with zero attached hydrogens (tertiary/aromatic N) is 2. The van der Waals surface area contributed by atoms with Crippen molar-refractivity contribution in [2.45, 2.75) is 19.4 Å². The number of nitrogens with one attached hydrogen (secondary N) is 1.